The third-order valence-corrected chi connectivity index (χ3v) is 3.17. The Bertz CT molecular complexity index is 555. The lowest BCUT2D eigenvalue weighted by molar-refractivity contribution is 0.337. The molecule has 2 rings (SSSR count). The maximum atomic E-state index is 13.1. The molecule has 0 aliphatic rings. The Morgan fingerprint density at radius 2 is 2.26 bits per heavy atom. The first-order valence-corrected chi connectivity index (χ1v) is 6.36. The molecule has 102 valence electrons. The number of likely N-dealkylation sites (N-methyl/N-ethyl adjacent to an activating group) is 1. The summed E-state index contributed by atoms with van der Waals surface area (Å²) in [7, 11) is 1.98. The zero-order valence-corrected chi connectivity index (χ0v) is 11.4. The second kappa shape index (κ2) is 6.14. The summed E-state index contributed by atoms with van der Waals surface area (Å²) in [6.07, 6.45) is 1.82. The minimum absolute atomic E-state index is 0.355. The number of aromatic amines is 1. The predicted molar refractivity (Wildman–Crippen MR) is 74.4 cm³/mol. The fourth-order valence-electron chi connectivity index (χ4n) is 1.94. The highest BCUT2D eigenvalue weighted by Crippen LogP contribution is 2.29. The van der Waals surface area contributed by atoms with Crippen LogP contribution in [0.15, 0.2) is 24.4 Å². The number of aromatic nitrogens is 2. The number of hydrogen-bond donors (Lipinski definition) is 2. The van der Waals surface area contributed by atoms with Crippen LogP contribution in [0, 0.1) is 5.82 Å². The van der Waals surface area contributed by atoms with Gasteiger partial charge in [0.1, 0.15) is 5.82 Å². The van der Waals surface area contributed by atoms with Crippen LogP contribution in [0.4, 0.5) is 4.39 Å². The Balaban J connectivity index is 2.28. The van der Waals surface area contributed by atoms with E-state index in [4.69, 9.17) is 17.3 Å². The summed E-state index contributed by atoms with van der Waals surface area (Å²) in [6.45, 7) is 2.10. The molecule has 1 aromatic heterocycles. The van der Waals surface area contributed by atoms with Crippen LogP contribution in [-0.4, -0.2) is 35.2 Å². The van der Waals surface area contributed by atoms with E-state index in [1.807, 2.05) is 13.2 Å². The highest BCUT2D eigenvalue weighted by atomic mass is 35.5. The SMILES string of the molecule is CN(CCN)Cc1c[nH]nc1-c1ccc(F)cc1Cl. The molecule has 0 saturated heterocycles. The summed E-state index contributed by atoms with van der Waals surface area (Å²) in [5.74, 6) is -0.355. The lowest BCUT2D eigenvalue weighted by atomic mass is 10.1. The molecule has 0 atom stereocenters. The van der Waals surface area contributed by atoms with Crippen LogP contribution in [0.5, 0.6) is 0 Å². The van der Waals surface area contributed by atoms with Crippen molar-refractivity contribution in [2.45, 2.75) is 6.54 Å². The van der Waals surface area contributed by atoms with Crippen molar-refractivity contribution in [3.63, 3.8) is 0 Å². The van der Waals surface area contributed by atoms with Crippen LogP contribution >= 0.6 is 11.6 Å². The second-order valence-corrected chi connectivity index (χ2v) is 4.82. The molecule has 0 spiro atoms. The zero-order chi connectivity index (χ0) is 13.8. The lowest BCUT2D eigenvalue weighted by Crippen LogP contribution is -2.25. The monoisotopic (exact) mass is 282 g/mol. The quantitative estimate of drug-likeness (QED) is 0.884. The Morgan fingerprint density at radius 3 is 2.95 bits per heavy atom. The number of nitrogens with two attached hydrogens (primary N) is 1. The Labute approximate surface area is 116 Å². The number of nitrogens with zero attached hydrogens (tertiary/aromatic N) is 2. The van der Waals surface area contributed by atoms with Crippen LogP contribution in [0.3, 0.4) is 0 Å². The topological polar surface area (TPSA) is 57.9 Å². The number of halogens is 2. The summed E-state index contributed by atoms with van der Waals surface area (Å²) < 4.78 is 13.1. The van der Waals surface area contributed by atoms with Gasteiger partial charge >= 0.3 is 0 Å². The zero-order valence-electron chi connectivity index (χ0n) is 10.7. The largest absolute Gasteiger partial charge is 0.329 e. The highest BCUT2D eigenvalue weighted by molar-refractivity contribution is 6.33. The Hall–Kier alpha value is -1.43. The average Bonchev–Trinajstić information content (AvgIpc) is 2.77. The highest BCUT2D eigenvalue weighted by Gasteiger charge is 2.13. The van der Waals surface area contributed by atoms with Gasteiger partial charge in [0, 0.05) is 37.0 Å². The van der Waals surface area contributed by atoms with Crippen LogP contribution in [0.25, 0.3) is 11.3 Å². The second-order valence-electron chi connectivity index (χ2n) is 4.41. The van der Waals surface area contributed by atoms with Crippen molar-refractivity contribution in [3.05, 3.63) is 40.8 Å². The normalized spacial score (nSPS) is 11.2. The number of rotatable bonds is 5. The van der Waals surface area contributed by atoms with Gasteiger partial charge in [-0.05, 0) is 25.2 Å². The van der Waals surface area contributed by atoms with E-state index in [0.717, 1.165) is 23.4 Å². The van der Waals surface area contributed by atoms with Gasteiger partial charge in [-0.25, -0.2) is 4.39 Å². The van der Waals surface area contributed by atoms with E-state index in [-0.39, 0.29) is 5.82 Å². The first-order valence-electron chi connectivity index (χ1n) is 5.98. The minimum Gasteiger partial charge on any atom is -0.329 e. The molecule has 0 radical (unpaired) electrons. The first kappa shape index (κ1) is 14.0. The summed E-state index contributed by atoms with van der Waals surface area (Å²) in [5, 5.41) is 7.38. The lowest BCUT2D eigenvalue weighted by Gasteiger charge is -2.15. The standard InChI is InChI=1S/C13H16ClFN4/c1-19(5-4-16)8-9-7-17-18-13(9)11-3-2-10(15)6-12(11)14/h2-3,6-7H,4-5,8,16H2,1H3,(H,17,18). The molecule has 3 N–H and O–H groups in total. The number of hydrogen-bond acceptors (Lipinski definition) is 3. The van der Waals surface area contributed by atoms with E-state index >= 15 is 0 Å². The van der Waals surface area contributed by atoms with Crippen molar-refractivity contribution in [1.82, 2.24) is 15.1 Å². The number of H-pyrrole nitrogens is 1. The third kappa shape index (κ3) is 3.32. The smallest absolute Gasteiger partial charge is 0.124 e. The molecule has 1 aromatic carbocycles. The summed E-state index contributed by atoms with van der Waals surface area (Å²) >= 11 is 6.06. The maximum Gasteiger partial charge on any atom is 0.124 e. The Kier molecular flexibility index (Phi) is 4.52. The van der Waals surface area contributed by atoms with Crippen molar-refractivity contribution < 1.29 is 4.39 Å². The van der Waals surface area contributed by atoms with E-state index < -0.39 is 0 Å². The predicted octanol–water partition coefficient (Wildman–Crippen LogP) is 2.26. The molecule has 1 heterocycles. The minimum atomic E-state index is -0.355. The molecule has 0 bridgehead atoms. The van der Waals surface area contributed by atoms with Crippen LogP contribution in [0.2, 0.25) is 5.02 Å². The molecule has 19 heavy (non-hydrogen) atoms. The van der Waals surface area contributed by atoms with Gasteiger partial charge in [0.2, 0.25) is 0 Å². The molecule has 0 aliphatic carbocycles. The molecular formula is C13H16ClFN4. The number of benzene rings is 1. The van der Waals surface area contributed by atoms with Crippen molar-refractivity contribution in [1.29, 1.82) is 0 Å². The molecule has 6 heteroatoms. The third-order valence-electron chi connectivity index (χ3n) is 2.86. The van der Waals surface area contributed by atoms with Crippen molar-refractivity contribution >= 4 is 11.6 Å². The fourth-order valence-corrected chi connectivity index (χ4v) is 2.20. The molecule has 2 aromatic rings. The fraction of sp³-hybridized carbons (Fsp3) is 0.308. The van der Waals surface area contributed by atoms with E-state index in [9.17, 15) is 4.39 Å². The van der Waals surface area contributed by atoms with Crippen LogP contribution < -0.4 is 5.73 Å². The van der Waals surface area contributed by atoms with Gasteiger partial charge in [0.05, 0.1) is 10.7 Å². The van der Waals surface area contributed by atoms with Crippen molar-refractivity contribution in [3.8, 4) is 11.3 Å². The van der Waals surface area contributed by atoms with Gasteiger partial charge in [0.25, 0.3) is 0 Å². The number of nitrogens with one attached hydrogen (secondary N) is 1. The van der Waals surface area contributed by atoms with Crippen LogP contribution in [-0.2, 0) is 6.54 Å². The van der Waals surface area contributed by atoms with Gasteiger partial charge < -0.3 is 10.6 Å². The molecule has 0 aliphatic heterocycles. The van der Waals surface area contributed by atoms with Gasteiger partial charge in [-0.2, -0.15) is 5.10 Å². The van der Waals surface area contributed by atoms with Gasteiger partial charge in [-0.1, -0.05) is 11.6 Å². The van der Waals surface area contributed by atoms with Crippen molar-refractivity contribution in [2.75, 3.05) is 20.1 Å². The Morgan fingerprint density at radius 1 is 1.47 bits per heavy atom. The van der Waals surface area contributed by atoms with Gasteiger partial charge in [-0.15, -0.1) is 0 Å². The summed E-state index contributed by atoms with van der Waals surface area (Å²) in [5.41, 5.74) is 7.99. The summed E-state index contributed by atoms with van der Waals surface area (Å²) in [4.78, 5) is 2.09. The van der Waals surface area contributed by atoms with E-state index in [1.54, 1.807) is 6.07 Å². The summed E-state index contributed by atoms with van der Waals surface area (Å²) in [6, 6.07) is 4.31. The van der Waals surface area contributed by atoms with Crippen LogP contribution in [0.1, 0.15) is 5.56 Å². The maximum absolute atomic E-state index is 13.1. The average molecular weight is 283 g/mol. The molecule has 4 nitrogen and oxygen atoms in total. The van der Waals surface area contributed by atoms with Gasteiger partial charge in [0.15, 0.2) is 0 Å². The molecule has 0 fully saturated rings. The van der Waals surface area contributed by atoms with E-state index in [1.165, 1.54) is 12.1 Å². The van der Waals surface area contributed by atoms with Gasteiger partial charge in [-0.3, -0.25) is 5.10 Å². The first-order chi connectivity index (χ1) is 9.11. The van der Waals surface area contributed by atoms with Crippen molar-refractivity contribution in [2.24, 2.45) is 5.73 Å². The molecule has 0 saturated carbocycles. The van der Waals surface area contributed by atoms with E-state index in [0.29, 0.717) is 18.1 Å². The molecule has 0 amide bonds. The van der Waals surface area contributed by atoms with E-state index in [2.05, 4.69) is 15.1 Å². The molecule has 0 unspecified atom stereocenters. The molecular weight excluding hydrogens is 267 g/mol.